The molecule has 3 aliphatic heterocycles. The van der Waals surface area contributed by atoms with E-state index in [1.165, 1.54) is 24.0 Å². The van der Waals surface area contributed by atoms with Gasteiger partial charge in [0.25, 0.3) is 0 Å². The number of benzene rings is 2. The highest BCUT2D eigenvalue weighted by atomic mass is 16.3. The van der Waals surface area contributed by atoms with Crippen LogP contribution in [0.5, 0.6) is 0 Å². The van der Waals surface area contributed by atoms with Gasteiger partial charge in [0, 0.05) is 31.2 Å². The highest BCUT2D eigenvalue weighted by molar-refractivity contribution is 5.32. The molecule has 0 unspecified atom stereocenters. The molecule has 3 aliphatic rings. The number of rotatable bonds is 4. The predicted octanol–water partition coefficient (Wildman–Crippen LogP) is 3.45. The molecule has 0 amide bonds. The van der Waals surface area contributed by atoms with Gasteiger partial charge in [-0.15, -0.1) is 0 Å². The summed E-state index contributed by atoms with van der Waals surface area (Å²) < 4.78 is 0. The topological polar surface area (TPSA) is 26.7 Å². The van der Waals surface area contributed by atoms with Crippen LogP contribution in [0.15, 0.2) is 60.7 Å². The molecule has 2 bridgehead atoms. The van der Waals surface area contributed by atoms with Crippen molar-refractivity contribution < 1.29 is 5.11 Å². The minimum absolute atomic E-state index is 0.0682. The van der Waals surface area contributed by atoms with E-state index in [1.807, 2.05) is 0 Å². The third-order valence-electron chi connectivity index (χ3n) is 6.67. The highest BCUT2D eigenvalue weighted by Gasteiger charge is 2.47. The summed E-state index contributed by atoms with van der Waals surface area (Å²) in [4.78, 5) is 5.38. The van der Waals surface area contributed by atoms with Crippen molar-refractivity contribution in [3.63, 3.8) is 0 Å². The fraction of sp³-hybridized carbons (Fsp3) is 0.478. The van der Waals surface area contributed by atoms with Gasteiger partial charge in [0.15, 0.2) is 0 Å². The Morgan fingerprint density at radius 1 is 0.731 bits per heavy atom. The quantitative estimate of drug-likeness (QED) is 0.917. The van der Waals surface area contributed by atoms with E-state index >= 15 is 0 Å². The molecule has 0 aromatic heterocycles. The lowest BCUT2D eigenvalue weighted by atomic mass is 9.90. The summed E-state index contributed by atoms with van der Waals surface area (Å²) in [7, 11) is 0. The molecule has 1 N–H and O–H groups in total. The zero-order valence-electron chi connectivity index (χ0n) is 15.2. The fourth-order valence-electron chi connectivity index (χ4n) is 5.55. The number of aliphatic hydroxyl groups is 1. The lowest BCUT2D eigenvalue weighted by Crippen LogP contribution is -2.64. The number of piperidine rings is 1. The summed E-state index contributed by atoms with van der Waals surface area (Å²) in [5.74, 6) is 0. The SMILES string of the molecule is O[C@@H]1C[C@H]2CC[C@@H](C1)N2C1CN(C(c2ccccc2)c2ccccc2)C1. The van der Waals surface area contributed by atoms with Crippen LogP contribution in [0.1, 0.15) is 42.9 Å². The largest absolute Gasteiger partial charge is 0.393 e. The van der Waals surface area contributed by atoms with E-state index in [0.29, 0.717) is 24.2 Å². The Hall–Kier alpha value is -1.68. The molecule has 26 heavy (non-hydrogen) atoms. The van der Waals surface area contributed by atoms with Crippen LogP contribution in [0.25, 0.3) is 0 Å². The van der Waals surface area contributed by atoms with Crippen molar-refractivity contribution in [3.05, 3.63) is 71.8 Å². The van der Waals surface area contributed by atoms with Crippen LogP contribution in [0.2, 0.25) is 0 Å². The second-order valence-corrected chi connectivity index (χ2v) is 8.29. The molecule has 3 heterocycles. The van der Waals surface area contributed by atoms with Gasteiger partial charge in [-0.2, -0.15) is 0 Å². The first-order valence-corrected chi connectivity index (χ1v) is 10.1. The molecular formula is C23H28N2O. The number of hydrogen-bond acceptors (Lipinski definition) is 3. The lowest BCUT2D eigenvalue weighted by molar-refractivity contribution is -0.0521. The van der Waals surface area contributed by atoms with E-state index in [4.69, 9.17) is 0 Å². The van der Waals surface area contributed by atoms with Gasteiger partial charge in [-0.1, -0.05) is 60.7 Å². The predicted molar refractivity (Wildman–Crippen MR) is 104 cm³/mol. The van der Waals surface area contributed by atoms with Crippen LogP contribution in [-0.4, -0.2) is 52.2 Å². The third kappa shape index (κ3) is 2.88. The van der Waals surface area contributed by atoms with Crippen molar-refractivity contribution in [3.8, 4) is 0 Å². The van der Waals surface area contributed by atoms with E-state index in [-0.39, 0.29) is 6.10 Å². The van der Waals surface area contributed by atoms with Crippen LogP contribution in [0.4, 0.5) is 0 Å². The average Bonchev–Trinajstić information content (AvgIpc) is 2.89. The molecule has 2 aromatic carbocycles. The maximum Gasteiger partial charge on any atom is 0.0602 e. The Bertz CT molecular complexity index is 675. The van der Waals surface area contributed by atoms with Crippen LogP contribution in [-0.2, 0) is 0 Å². The molecule has 0 aliphatic carbocycles. The Kier molecular flexibility index (Phi) is 4.32. The zero-order chi connectivity index (χ0) is 17.5. The molecular weight excluding hydrogens is 320 g/mol. The molecule has 3 fully saturated rings. The number of hydrogen-bond donors (Lipinski definition) is 1. The van der Waals surface area contributed by atoms with Gasteiger partial charge in [0.2, 0.25) is 0 Å². The van der Waals surface area contributed by atoms with Crippen molar-refractivity contribution in [2.75, 3.05) is 13.1 Å². The van der Waals surface area contributed by atoms with Crippen molar-refractivity contribution in [1.29, 1.82) is 0 Å². The normalized spacial score (nSPS) is 29.8. The van der Waals surface area contributed by atoms with Gasteiger partial charge < -0.3 is 5.11 Å². The first kappa shape index (κ1) is 16.5. The second kappa shape index (κ2) is 6.80. The van der Waals surface area contributed by atoms with Gasteiger partial charge in [0.05, 0.1) is 12.1 Å². The summed E-state index contributed by atoms with van der Waals surface area (Å²) in [5, 5.41) is 10.1. The van der Waals surface area contributed by atoms with Crippen molar-refractivity contribution >= 4 is 0 Å². The Morgan fingerprint density at radius 2 is 1.23 bits per heavy atom. The van der Waals surface area contributed by atoms with Crippen molar-refractivity contribution in [2.45, 2.75) is 56.0 Å². The molecule has 2 aromatic rings. The number of fused-ring (bicyclic) bond motifs is 2. The summed E-state index contributed by atoms with van der Waals surface area (Å²) in [5.41, 5.74) is 2.77. The molecule has 3 nitrogen and oxygen atoms in total. The first-order valence-electron chi connectivity index (χ1n) is 10.1. The van der Waals surface area contributed by atoms with Gasteiger partial charge in [-0.25, -0.2) is 0 Å². The molecule has 0 saturated carbocycles. The summed E-state index contributed by atoms with van der Waals surface area (Å²) in [6.45, 7) is 2.27. The molecule has 136 valence electrons. The minimum atomic E-state index is -0.0682. The van der Waals surface area contributed by atoms with Crippen LogP contribution in [0.3, 0.4) is 0 Å². The van der Waals surface area contributed by atoms with Crippen molar-refractivity contribution in [2.24, 2.45) is 0 Å². The highest BCUT2D eigenvalue weighted by Crippen LogP contribution is 2.41. The monoisotopic (exact) mass is 348 g/mol. The van der Waals surface area contributed by atoms with E-state index in [2.05, 4.69) is 70.5 Å². The van der Waals surface area contributed by atoms with Crippen LogP contribution < -0.4 is 0 Å². The van der Waals surface area contributed by atoms with E-state index in [0.717, 1.165) is 25.9 Å². The maximum absolute atomic E-state index is 10.1. The minimum Gasteiger partial charge on any atom is -0.393 e. The van der Waals surface area contributed by atoms with Crippen LogP contribution in [0, 0.1) is 0 Å². The Morgan fingerprint density at radius 3 is 1.73 bits per heavy atom. The van der Waals surface area contributed by atoms with E-state index < -0.39 is 0 Å². The number of aliphatic hydroxyl groups excluding tert-OH is 1. The second-order valence-electron chi connectivity index (χ2n) is 8.29. The zero-order valence-corrected chi connectivity index (χ0v) is 15.2. The average molecular weight is 348 g/mol. The summed E-state index contributed by atoms with van der Waals surface area (Å²) in [6.07, 6.45) is 4.45. The number of likely N-dealkylation sites (tertiary alicyclic amines) is 1. The molecule has 0 spiro atoms. The van der Waals surface area contributed by atoms with E-state index in [1.54, 1.807) is 0 Å². The summed E-state index contributed by atoms with van der Waals surface area (Å²) in [6, 6.07) is 24.0. The molecule has 3 atom stereocenters. The maximum atomic E-state index is 10.1. The Balaban J connectivity index is 1.34. The smallest absolute Gasteiger partial charge is 0.0602 e. The third-order valence-corrected chi connectivity index (χ3v) is 6.67. The van der Waals surface area contributed by atoms with E-state index in [9.17, 15) is 5.11 Å². The van der Waals surface area contributed by atoms with Gasteiger partial charge in [0.1, 0.15) is 0 Å². The molecule has 0 radical (unpaired) electrons. The fourth-order valence-corrected chi connectivity index (χ4v) is 5.55. The van der Waals surface area contributed by atoms with Crippen molar-refractivity contribution in [1.82, 2.24) is 9.80 Å². The standard InChI is InChI=1S/C23H28N2O/c26-22-13-19-11-12-20(14-22)25(19)21-15-24(16-21)23(17-7-3-1-4-8-17)18-9-5-2-6-10-18/h1-10,19-23,26H,11-16H2/t19-,20+,22-. The van der Waals surface area contributed by atoms with Gasteiger partial charge in [-0.05, 0) is 36.8 Å². The molecule has 3 saturated heterocycles. The summed E-state index contributed by atoms with van der Waals surface area (Å²) >= 11 is 0. The molecule has 3 heteroatoms. The number of nitrogens with zero attached hydrogens (tertiary/aromatic N) is 2. The Labute approximate surface area is 156 Å². The van der Waals surface area contributed by atoms with Gasteiger partial charge >= 0.3 is 0 Å². The van der Waals surface area contributed by atoms with Gasteiger partial charge in [-0.3, -0.25) is 9.80 Å². The van der Waals surface area contributed by atoms with Crippen LogP contribution >= 0.6 is 0 Å². The molecule has 5 rings (SSSR count). The lowest BCUT2D eigenvalue weighted by Gasteiger charge is -2.53. The first-order chi connectivity index (χ1) is 12.8.